The Kier molecular flexibility index (Phi) is 5.00. The summed E-state index contributed by atoms with van der Waals surface area (Å²) >= 11 is 0. The molecule has 1 aliphatic heterocycles. The molecule has 31 heavy (non-hydrogen) atoms. The number of rotatable bonds is 6. The molecule has 0 saturated carbocycles. The van der Waals surface area contributed by atoms with E-state index in [-0.39, 0.29) is 11.7 Å². The van der Waals surface area contributed by atoms with Crippen LogP contribution in [0.1, 0.15) is 16.8 Å². The molecule has 0 unspecified atom stereocenters. The number of benzene rings is 2. The molecule has 0 atom stereocenters. The molecule has 0 radical (unpaired) electrons. The molecule has 3 heterocycles. The summed E-state index contributed by atoms with van der Waals surface area (Å²) in [6.07, 6.45) is 2.41. The van der Waals surface area contributed by atoms with E-state index in [1.54, 1.807) is 12.3 Å². The monoisotopic (exact) mass is 416 g/mol. The van der Waals surface area contributed by atoms with Gasteiger partial charge in [-0.15, -0.1) is 0 Å². The van der Waals surface area contributed by atoms with E-state index in [2.05, 4.69) is 17.1 Å². The second-order valence-electron chi connectivity index (χ2n) is 8.03. The minimum Gasteiger partial charge on any atom is -0.481 e. The molecule has 2 aromatic heterocycles. The second kappa shape index (κ2) is 7.96. The average molecular weight is 416 g/mol. The third kappa shape index (κ3) is 4.07. The third-order valence-electron chi connectivity index (χ3n) is 5.70. The number of aliphatic carboxylic acids is 1. The number of hydrogen-bond donors (Lipinski definition) is 1. The van der Waals surface area contributed by atoms with Crippen LogP contribution in [0.4, 0.5) is 4.39 Å². The van der Waals surface area contributed by atoms with E-state index < -0.39 is 5.97 Å². The van der Waals surface area contributed by atoms with Gasteiger partial charge in [0.1, 0.15) is 11.6 Å². The van der Waals surface area contributed by atoms with Crippen LogP contribution in [-0.2, 0) is 17.8 Å². The molecule has 1 saturated heterocycles. The van der Waals surface area contributed by atoms with Gasteiger partial charge < -0.3 is 9.52 Å². The minimum absolute atomic E-state index is 0.319. The molecule has 6 heteroatoms. The zero-order valence-corrected chi connectivity index (χ0v) is 16.8. The lowest BCUT2D eigenvalue weighted by molar-refractivity contribution is -0.147. The average Bonchev–Trinajstić information content (AvgIpc) is 3.14. The zero-order chi connectivity index (χ0) is 21.4. The van der Waals surface area contributed by atoms with Crippen LogP contribution in [-0.4, -0.2) is 34.0 Å². The van der Waals surface area contributed by atoms with Crippen molar-refractivity contribution in [3.05, 3.63) is 89.5 Å². The maximum Gasteiger partial charge on any atom is 0.309 e. The highest BCUT2D eigenvalue weighted by Gasteiger charge is 2.32. The fourth-order valence-corrected chi connectivity index (χ4v) is 4.00. The normalized spacial score (nSPS) is 14.6. The lowest BCUT2D eigenvalue weighted by Gasteiger charge is -2.36. The van der Waals surface area contributed by atoms with Crippen molar-refractivity contribution >= 4 is 16.9 Å². The first-order valence-electron chi connectivity index (χ1n) is 10.2. The summed E-state index contributed by atoms with van der Waals surface area (Å²) in [5.74, 6) is -0.985. The molecule has 0 spiro atoms. The Labute approximate surface area is 178 Å². The molecule has 156 valence electrons. The number of carboxylic acid groups (broad SMARTS) is 1. The molecule has 0 bridgehead atoms. The number of pyridine rings is 1. The quantitative estimate of drug-likeness (QED) is 0.492. The molecular formula is C25H21FN2O3. The number of carboxylic acids is 1. The highest BCUT2D eigenvalue weighted by Crippen LogP contribution is 2.31. The molecule has 0 amide bonds. The first-order valence-corrected chi connectivity index (χ1v) is 10.2. The van der Waals surface area contributed by atoms with Crippen LogP contribution >= 0.6 is 0 Å². The van der Waals surface area contributed by atoms with Crippen molar-refractivity contribution in [3.63, 3.8) is 0 Å². The van der Waals surface area contributed by atoms with E-state index in [0.29, 0.717) is 36.5 Å². The SMILES string of the molecule is O=C(O)C1CN(Cc2ccc(-c3cc4cc(Cc5ccccc5)ncc4o3)c(F)c2)C1. The Morgan fingerprint density at radius 1 is 1.10 bits per heavy atom. The van der Waals surface area contributed by atoms with Crippen LogP contribution < -0.4 is 0 Å². The van der Waals surface area contributed by atoms with Gasteiger partial charge in [-0.1, -0.05) is 36.4 Å². The van der Waals surface area contributed by atoms with Crippen molar-refractivity contribution in [2.24, 2.45) is 5.92 Å². The number of hydrogen-bond acceptors (Lipinski definition) is 4. The predicted molar refractivity (Wildman–Crippen MR) is 115 cm³/mol. The van der Waals surface area contributed by atoms with Gasteiger partial charge in [0.25, 0.3) is 0 Å². The Morgan fingerprint density at radius 3 is 2.65 bits per heavy atom. The summed E-state index contributed by atoms with van der Waals surface area (Å²) < 4.78 is 20.7. The lowest BCUT2D eigenvalue weighted by Crippen LogP contribution is -2.49. The molecule has 5 nitrogen and oxygen atoms in total. The fourth-order valence-electron chi connectivity index (χ4n) is 4.00. The minimum atomic E-state index is -0.774. The zero-order valence-electron chi connectivity index (χ0n) is 16.8. The summed E-state index contributed by atoms with van der Waals surface area (Å²) in [5, 5.41) is 9.86. The molecule has 0 aliphatic carbocycles. The first kappa shape index (κ1) is 19.5. The third-order valence-corrected chi connectivity index (χ3v) is 5.70. The van der Waals surface area contributed by atoms with Gasteiger partial charge in [0.05, 0.1) is 17.7 Å². The summed E-state index contributed by atoms with van der Waals surface area (Å²) in [5.41, 5.74) is 3.94. The summed E-state index contributed by atoms with van der Waals surface area (Å²) in [6, 6.07) is 19.0. The van der Waals surface area contributed by atoms with E-state index in [1.165, 1.54) is 11.6 Å². The second-order valence-corrected chi connectivity index (χ2v) is 8.03. The van der Waals surface area contributed by atoms with E-state index in [9.17, 15) is 9.18 Å². The van der Waals surface area contributed by atoms with Crippen LogP contribution in [0.3, 0.4) is 0 Å². The summed E-state index contributed by atoms with van der Waals surface area (Å²) in [4.78, 5) is 17.4. The first-order chi connectivity index (χ1) is 15.0. The summed E-state index contributed by atoms with van der Waals surface area (Å²) in [6.45, 7) is 1.54. The fraction of sp³-hybridized carbons (Fsp3) is 0.200. The van der Waals surface area contributed by atoms with E-state index in [4.69, 9.17) is 9.52 Å². The summed E-state index contributed by atoms with van der Waals surface area (Å²) in [7, 11) is 0. The van der Waals surface area contributed by atoms with Crippen LogP contribution in [0.25, 0.3) is 22.3 Å². The van der Waals surface area contributed by atoms with Crippen LogP contribution in [0.2, 0.25) is 0 Å². The number of carbonyl (C=O) groups is 1. The van der Waals surface area contributed by atoms with Crippen molar-refractivity contribution in [3.8, 4) is 11.3 Å². The predicted octanol–water partition coefficient (Wildman–Crippen LogP) is 4.74. The van der Waals surface area contributed by atoms with Gasteiger partial charge >= 0.3 is 5.97 Å². The standard InChI is InChI=1S/C25H21FN2O3/c26-22-9-17(13-28-14-19(15-28)25(29)30)6-7-21(22)23-11-18-10-20(27-12-24(18)31-23)8-16-4-2-1-3-5-16/h1-7,9-12,19H,8,13-15H2,(H,29,30). The van der Waals surface area contributed by atoms with Gasteiger partial charge in [-0.05, 0) is 35.4 Å². The van der Waals surface area contributed by atoms with E-state index in [0.717, 1.165) is 23.1 Å². The van der Waals surface area contributed by atoms with Gasteiger partial charge in [-0.2, -0.15) is 0 Å². The maximum absolute atomic E-state index is 14.8. The molecule has 1 fully saturated rings. The van der Waals surface area contributed by atoms with Crippen molar-refractivity contribution in [1.82, 2.24) is 9.88 Å². The largest absolute Gasteiger partial charge is 0.481 e. The molecule has 5 rings (SSSR count). The Bertz CT molecular complexity index is 1250. The Hall–Kier alpha value is -3.51. The number of aromatic nitrogens is 1. The highest BCUT2D eigenvalue weighted by atomic mass is 19.1. The molecule has 1 N–H and O–H groups in total. The molecule has 1 aliphatic rings. The Morgan fingerprint density at radius 2 is 1.90 bits per heavy atom. The van der Waals surface area contributed by atoms with Crippen molar-refractivity contribution in [1.29, 1.82) is 0 Å². The van der Waals surface area contributed by atoms with Gasteiger partial charge in [0, 0.05) is 37.1 Å². The van der Waals surface area contributed by atoms with Crippen molar-refractivity contribution in [2.45, 2.75) is 13.0 Å². The van der Waals surface area contributed by atoms with E-state index in [1.807, 2.05) is 41.3 Å². The topological polar surface area (TPSA) is 66.6 Å². The smallest absolute Gasteiger partial charge is 0.309 e. The maximum atomic E-state index is 14.8. The van der Waals surface area contributed by atoms with Crippen molar-refractivity contribution in [2.75, 3.05) is 13.1 Å². The number of fused-ring (bicyclic) bond motifs is 1. The van der Waals surface area contributed by atoms with Crippen LogP contribution in [0, 0.1) is 11.7 Å². The number of halogens is 1. The molecule has 2 aromatic carbocycles. The molecule has 4 aromatic rings. The Balaban J connectivity index is 1.33. The lowest BCUT2D eigenvalue weighted by atomic mass is 9.99. The van der Waals surface area contributed by atoms with Gasteiger partial charge in [0.2, 0.25) is 0 Å². The van der Waals surface area contributed by atoms with Gasteiger partial charge in [-0.25, -0.2) is 4.39 Å². The number of furan rings is 1. The van der Waals surface area contributed by atoms with Gasteiger partial charge in [-0.3, -0.25) is 14.7 Å². The highest BCUT2D eigenvalue weighted by molar-refractivity contribution is 5.82. The molecular weight excluding hydrogens is 395 g/mol. The van der Waals surface area contributed by atoms with Gasteiger partial charge in [0.15, 0.2) is 5.58 Å². The number of likely N-dealkylation sites (tertiary alicyclic amines) is 1. The van der Waals surface area contributed by atoms with Crippen LogP contribution in [0.5, 0.6) is 0 Å². The van der Waals surface area contributed by atoms with Crippen molar-refractivity contribution < 1.29 is 18.7 Å². The number of nitrogens with zero attached hydrogens (tertiary/aromatic N) is 2. The van der Waals surface area contributed by atoms with Crippen LogP contribution in [0.15, 0.2) is 71.3 Å². The van der Waals surface area contributed by atoms with E-state index >= 15 is 0 Å².